The Hall–Kier alpha value is 0.382. The van der Waals surface area contributed by atoms with E-state index in [0.29, 0.717) is 35.5 Å². The Morgan fingerprint density at radius 3 is 0.973 bits per heavy atom. The molecule has 0 aromatic heterocycles. The zero-order chi connectivity index (χ0) is 27.0. The van der Waals surface area contributed by atoms with E-state index in [1.807, 2.05) is 11.8 Å². The van der Waals surface area contributed by atoms with Gasteiger partial charge in [-0.1, -0.05) is 60.6 Å². The molecule has 0 bridgehead atoms. The molecule has 2 rings (SSSR count). The Kier molecular flexibility index (Phi) is 20.0. The van der Waals surface area contributed by atoms with Crippen molar-refractivity contribution >= 4 is 21.3 Å². The Morgan fingerprint density at radius 2 is 0.784 bits per heavy atom. The Balaban J connectivity index is 0. The maximum absolute atomic E-state index is 3.30. The molecule has 0 saturated heterocycles. The summed E-state index contributed by atoms with van der Waals surface area (Å²) in [5.41, 5.74) is 9.00. The van der Waals surface area contributed by atoms with Gasteiger partial charge >= 0.3 is 121 Å². The van der Waals surface area contributed by atoms with Crippen LogP contribution < -0.4 is 24.8 Å². The average molecular weight is 677 g/mol. The summed E-state index contributed by atoms with van der Waals surface area (Å²) in [5.74, 6) is 4.74. The van der Waals surface area contributed by atoms with Gasteiger partial charge in [0.05, 0.1) is 0 Å². The smallest absolute Gasteiger partial charge is 0.0141 e. The summed E-state index contributed by atoms with van der Waals surface area (Å²) < 4.78 is 0. The first-order chi connectivity index (χ1) is 16.3. The van der Waals surface area contributed by atoms with E-state index in [1.165, 1.54) is 43.2 Å². The van der Waals surface area contributed by atoms with Crippen LogP contribution in [-0.4, -0.2) is 5.75 Å². The monoisotopic (exact) mass is 675 g/mol. The summed E-state index contributed by atoms with van der Waals surface area (Å²) in [6.45, 7) is 29.7. The van der Waals surface area contributed by atoms with Gasteiger partial charge in [-0.05, 0) is 40.2 Å². The standard InChI is InChI=1S/C17H28S.C15H24S.2ClH.Pd/c1-8-18-17-15(12(4)5)9-14(11(2)3)10-16(17)13(6)7;1-9(2)12-7-13(10(3)4)15(16)14(8-12)11(5)6;;;/h9-13H,8H2,1-7H3;7-11,16H,1-6H3;2*1H;/q;;;;+3/p-3. The second kappa shape index (κ2) is 18.7. The van der Waals surface area contributed by atoms with Crippen molar-refractivity contribution in [2.24, 2.45) is 0 Å². The Morgan fingerprint density at radius 1 is 0.514 bits per heavy atom. The first-order valence-corrected chi connectivity index (χ1v) is 17.1. The largest absolute Gasteiger partial charge is 1.00 e. The second-order valence-electron chi connectivity index (χ2n) is 11.5. The van der Waals surface area contributed by atoms with E-state index in [1.54, 1.807) is 9.58 Å². The molecule has 0 amide bonds. The fraction of sp³-hybridized carbons (Fsp3) is 0.625. The van der Waals surface area contributed by atoms with E-state index >= 15 is 0 Å². The Labute approximate surface area is 261 Å². The topological polar surface area (TPSA) is 0 Å². The maximum atomic E-state index is 3.30. The molecule has 215 valence electrons. The fourth-order valence-electron chi connectivity index (χ4n) is 4.16. The van der Waals surface area contributed by atoms with Crippen molar-refractivity contribution in [1.82, 2.24) is 0 Å². The van der Waals surface area contributed by atoms with Crippen LogP contribution in [0.3, 0.4) is 0 Å². The average Bonchev–Trinajstić information content (AvgIpc) is 2.77. The molecule has 0 N–H and O–H groups in total. The molecule has 5 heteroatoms. The number of hydrogen-bond donors (Lipinski definition) is 0. The molecular formula is C32H51Cl2PdS2. The van der Waals surface area contributed by atoms with Crippen molar-refractivity contribution < 1.29 is 42.8 Å². The van der Waals surface area contributed by atoms with E-state index in [4.69, 9.17) is 0 Å². The fourth-order valence-corrected chi connectivity index (χ4v) is 7.21. The van der Waals surface area contributed by atoms with Gasteiger partial charge in [-0.15, -0.1) is 11.8 Å². The van der Waals surface area contributed by atoms with Crippen molar-refractivity contribution in [2.75, 3.05) is 5.75 Å². The van der Waals surface area contributed by atoms with Crippen LogP contribution in [0.2, 0.25) is 0 Å². The van der Waals surface area contributed by atoms with Crippen LogP contribution in [0.5, 0.6) is 0 Å². The molecule has 2 aromatic rings. The molecule has 0 nitrogen and oxygen atoms in total. The molecule has 0 radical (unpaired) electrons. The van der Waals surface area contributed by atoms with Gasteiger partial charge in [-0.3, -0.25) is 0 Å². The van der Waals surface area contributed by atoms with Gasteiger partial charge < -0.3 is 24.8 Å². The van der Waals surface area contributed by atoms with Crippen LogP contribution >= 0.6 is 21.3 Å². The third-order valence-corrected chi connectivity index (χ3v) is 9.11. The number of thioether (sulfide) groups is 1. The summed E-state index contributed by atoms with van der Waals surface area (Å²) in [4.78, 5) is 2.97. The number of benzene rings is 2. The molecule has 37 heavy (non-hydrogen) atoms. The summed E-state index contributed by atoms with van der Waals surface area (Å²) in [7, 11) is 1.75. The predicted octanol–water partition coefficient (Wildman–Crippen LogP) is 5.79. The van der Waals surface area contributed by atoms with Crippen LogP contribution in [-0.2, 0) is 17.9 Å². The maximum Gasteiger partial charge on any atom is 0.0141 e. The van der Waals surface area contributed by atoms with E-state index in [2.05, 4.69) is 132 Å². The molecule has 0 saturated carbocycles. The second-order valence-corrected chi connectivity index (χ2v) is 14.2. The molecule has 0 atom stereocenters. The molecule has 0 heterocycles. The third kappa shape index (κ3) is 11.4. The van der Waals surface area contributed by atoms with E-state index < -0.39 is 0 Å². The Bertz CT molecular complexity index is 876. The quantitative estimate of drug-likeness (QED) is 0.244. The molecule has 0 spiro atoms. The van der Waals surface area contributed by atoms with Crippen molar-refractivity contribution in [1.29, 1.82) is 0 Å². The molecule has 0 aliphatic heterocycles. The minimum Gasteiger partial charge on any atom is -1.00 e. The van der Waals surface area contributed by atoms with Crippen LogP contribution in [0.4, 0.5) is 0 Å². The first-order valence-electron chi connectivity index (χ1n) is 13.5. The zero-order valence-electron chi connectivity index (χ0n) is 25.4. The van der Waals surface area contributed by atoms with Crippen LogP contribution in [0.15, 0.2) is 34.1 Å². The normalized spacial score (nSPS) is 11.2. The van der Waals surface area contributed by atoms with Gasteiger partial charge in [0.1, 0.15) is 0 Å². The van der Waals surface area contributed by atoms with E-state index in [9.17, 15) is 0 Å². The van der Waals surface area contributed by atoms with Gasteiger partial charge in [-0.25, -0.2) is 0 Å². The van der Waals surface area contributed by atoms with Gasteiger partial charge in [0.2, 0.25) is 0 Å². The van der Waals surface area contributed by atoms with Crippen LogP contribution in [0.25, 0.3) is 0 Å². The molecule has 0 fully saturated rings. The van der Waals surface area contributed by atoms with Crippen molar-refractivity contribution in [3.8, 4) is 0 Å². The van der Waals surface area contributed by atoms with Gasteiger partial charge in [0, 0.05) is 4.90 Å². The molecule has 0 aliphatic rings. The van der Waals surface area contributed by atoms with Gasteiger partial charge in [-0.2, -0.15) is 0 Å². The number of rotatable bonds is 9. The summed E-state index contributed by atoms with van der Waals surface area (Å²) in [5, 5.41) is 0. The molecule has 0 aliphatic carbocycles. The van der Waals surface area contributed by atoms with Crippen LogP contribution in [0, 0.1) is 0 Å². The summed E-state index contributed by atoms with van der Waals surface area (Å²) in [6, 6.07) is 9.63. The number of hydrogen-bond acceptors (Lipinski definition) is 2. The minimum atomic E-state index is 0. The van der Waals surface area contributed by atoms with Crippen molar-refractivity contribution in [2.45, 2.75) is 135 Å². The number of halogens is 2. The van der Waals surface area contributed by atoms with Crippen molar-refractivity contribution in [3.63, 3.8) is 0 Å². The third-order valence-electron chi connectivity index (χ3n) is 6.51. The van der Waals surface area contributed by atoms with Crippen LogP contribution in [0.1, 0.15) is 159 Å². The molecular weight excluding hydrogens is 626 g/mol. The summed E-state index contributed by atoms with van der Waals surface area (Å²) in [6.07, 6.45) is 0. The minimum absolute atomic E-state index is 0. The van der Waals surface area contributed by atoms with Crippen molar-refractivity contribution in [3.05, 3.63) is 57.6 Å². The SMILES string of the molecule is CC(C)c1cc(C(C)C)c([S][Pd+2])c(C(C)C)c1.CCSc1c(C(C)C)cc(C(C)C)cc1C(C)C.[Cl-].[Cl-]. The summed E-state index contributed by atoms with van der Waals surface area (Å²) >= 11 is 5.30. The molecule has 0 unspecified atom stereocenters. The predicted molar refractivity (Wildman–Crippen MR) is 160 cm³/mol. The van der Waals surface area contributed by atoms with Gasteiger partial charge in [0.25, 0.3) is 0 Å². The zero-order valence-corrected chi connectivity index (χ0v) is 30.1. The first kappa shape index (κ1) is 39.5. The van der Waals surface area contributed by atoms with E-state index in [0.717, 1.165) is 5.75 Å². The molecule has 2 aromatic carbocycles. The van der Waals surface area contributed by atoms with Gasteiger partial charge in [0.15, 0.2) is 0 Å². The van der Waals surface area contributed by atoms with E-state index in [-0.39, 0.29) is 24.8 Å².